The number of hydrogen-bond acceptors (Lipinski definition) is 3. The van der Waals surface area contributed by atoms with Gasteiger partial charge in [-0.1, -0.05) is 29.8 Å². The summed E-state index contributed by atoms with van der Waals surface area (Å²) < 4.78 is 7.04. The lowest BCUT2D eigenvalue weighted by Crippen LogP contribution is -2.12. The fraction of sp³-hybridized carbons (Fsp3) is 0.222. The summed E-state index contributed by atoms with van der Waals surface area (Å²) in [5, 5.41) is 0. The molecule has 0 radical (unpaired) electrons. The van der Waals surface area contributed by atoms with Crippen molar-refractivity contribution in [2.75, 3.05) is 7.11 Å². The summed E-state index contributed by atoms with van der Waals surface area (Å²) >= 11 is 0. The van der Waals surface area contributed by atoms with Gasteiger partial charge in [0.25, 0.3) is 0 Å². The second-order valence-electron chi connectivity index (χ2n) is 5.68. The Balaban J connectivity index is 1.98. The number of esters is 1. The van der Waals surface area contributed by atoms with Crippen LogP contribution in [0.5, 0.6) is 0 Å². The van der Waals surface area contributed by atoms with Crippen molar-refractivity contribution in [3.8, 4) is 11.4 Å². The van der Waals surface area contributed by atoms with Crippen LogP contribution in [0.3, 0.4) is 0 Å². The number of hydrogen-bond donors (Lipinski definition) is 0. The molecule has 1 atom stereocenters. The molecule has 3 aromatic rings. The summed E-state index contributed by atoms with van der Waals surface area (Å²) in [6.45, 7) is 2.07. The van der Waals surface area contributed by atoms with Crippen molar-refractivity contribution in [1.82, 2.24) is 9.55 Å². The van der Waals surface area contributed by atoms with E-state index in [0.717, 1.165) is 28.0 Å². The highest BCUT2D eigenvalue weighted by molar-refractivity contribution is 5.85. The molecule has 1 aromatic heterocycles. The first-order chi connectivity index (χ1) is 10.7. The standard InChI is InChI=1S/C18H16N2O2/c1-11-7-8-12-13(9-11)18-19-14-5-3-4-6-15(14)20(18)16(12)10-17(21)22-2/h3-9,16H,10H2,1-2H3/t16-/m1/s1. The summed E-state index contributed by atoms with van der Waals surface area (Å²) in [7, 11) is 1.43. The van der Waals surface area contributed by atoms with Crippen LogP contribution in [0.1, 0.15) is 23.6 Å². The van der Waals surface area contributed by atoms with E-state index in [-0.39, 0.29) is 12.0 Å². The highest BCUT2D eigenvalue weighted by Gasteiger charge is 2.33. The first kappa shape index (κ1) is 13.1. The van der Waals surface area contributed by atoms with E-state index < -0.39 is 0 Å². The van der Waals surface area contributed by atoms with Gasteiger partial charge in [0, 0.05) is 5.56 Å². The molecule has 2 aromatic carbocycles. The van der Waals surface area contributed by atoms with E-state index in [4.69, 9.17) is 9.72 Å². The zero-order chi connectivity index (χ0) is 15.3. The van der Waals surface area contributed by atoms with E-state index in [2.05, 4.69) is 35.8 Å². The van der Waals surface area contributed by atoms with Gasteiger partial charge in [-0.2, -0.15) is 0 Å². The Kier molecular flexibility index (Phi) is 2.79. The minimum Gasteiger partial charge on any atom is -0.469 e. The Labute approximate surface area is 128 Å². The smallest absolute Gasteiger partial charge is 0.307 e. The van der Waals surface area contributed by atoms with E-state index in [1.54, 1.807) is 0 Å². The Hall–Kier alpha value is -2.62. The number of ether oxygens (including phenoxy) is 1. The van der Waals surface area contributed by atoms with E-state index in [0.29, 0.717) is 6.42 Å². The molecule has 0 bridgehead atoms. The van der Waals surface area contributed by atoms with Crippen molar-refractivity contribution in [3.63, 3.8) is 0 Å². The monoisotopic (exact) mass is 292 g/mol. The highest BCUT2D eigenvalue weighted by atomic mass is 16.5. The molecule has 22 heavy (non-hydrogen) atoms. The second kappa shape index (κ2) is 4.70. The van der Waals surface area contributed by atoms with Crippen molar-refractivity contribution in [1.29, 1.82) is 0 Å². The molecule has 2 heterocycles. The number of nitrogens with zero attached hydrogens (tertiary/aromatic N) is 2. The van der Waals surface area contributed by atoms with E-state index >= 15 is 0 Å². The van der Waals surface area contributed by atoms with Gasteiger partial charge in [0.1, 0.15) is 5.82 Å². The van der Waals surface area contributed by atoms with Gasteiger partial charge in [-0.05, 0) is 30.7 Å². The number of rotatable bonds is 2. The van der Waals surface area contributed by atoms with Crippen LogP contribution in [0.4, 0.5) is 0 Å². The predicted octanol–water partition coefficient (Wildman–Crippen LogP) is 3.48. The topological polar surface area (TPSA) is 44.1 Å². The molecule has 4 rings (SSSR count). The van der Waals surface area contributed by atoms with Gasteiger partial charge >= 0.3 is 5.97 Å². The largest absolute Gasteiger partial charge is 0.469 e. The van der Waals surface area contributed by atoms with Crippen LogP contribution in [0.15, 0.2) is 42.5 Å². The molecule has 110 valence electrons. The summed E-state index contributed by atoms with van der Waals surface area (Å²) in [5.41, 5.74) is 5.46. The Morgan fingerprint density at radius 2 is 2.09 bits per heavy atom. The molecule has 1 aliphatic rings. The third-order valence-electron chi connectivity index (χ3n) is 4.30. The number of aryl methyl sites for hydroxylation is 1. The molecular formula is C18H16N2O2. The zero-order valence-electron chi connectivity index (χ0n) is 12.5. The van der Waals surface area contributed by atoms with Crippen LogP contribution >= 0.6 is 0 Å². The van der Waals surface area contributed by atoms with Crippen LogP contribution in [-0.4, -0.2) is 22.6 Å². The quantitative estimate of drug-likeness (QED) is 0.679. The maximum Gasteiger partial charge on any atom is 0.307 e. The second-order valence-corrected chi connectivity index (χ2v) is 5.68. The van der Waals surface area contributed by atoms with Crippen molar-refractivity contribution in [3.05, 3.63) is 53.6 Å². The molecule has 0 N–H and O–H groups in total. The first-order valence-electron chi connectivity index (χ1n) is 7.33. The first-order valence-corrected chi connectivity index (χ1v) is 7.33. The molecule has 0 unspecified atom stereocenters. The predicted molar refractivity (Wildman–Crippen MR) is 84.7 cm³/mol. The van der Waals surface area contributed by atoms with Crippen molar-refractivity contribution < 1.29 is 9.53 Å². The average Bonchev–Trinajstić information content (AvgIpc) is 3.03. The van der Waals surface area contributed by atoms with Gasteiger partial charge in [-0.25, -0.2) is 4.98 Å². The summed E-state index contributed by atoms with van der Waals surface area (Å²) in [4.78, 5) is 16.6. The van der Waals surface area contributed by atoms with Gasteiger partial charge < -0.3 is 9.30 Å². The number of benzene rings is 2. The van der Waals surface area contributed by atoms with Crippen molar-refractivity contribution in [2.45, 2.75) is 19.4 Å². The summed E-state index contributed by atoms with van der Waals surface area (Å²) in [5.74, 6) is 0.732. The molecule has 0 aliphatic carbocycles. The lowest BCUT2D eigenvalue weighted by Gasteiger charge is -2.14. The normalized spacial score (nSPS) is 15.6. The summed E-state index contributed by atoms with van der Waals surface area (Å²) in [6, 6.07) is 14.3. The maximum absolute atomic E-state index is 11.9. The Morgan fingerprint density at radius 1 is 1.27 bits per heavy atom. The average molecular weight is 292 g/mol. The molecule has 1 aliphatic heterocycles. The number of aromatic nitrogens is 2. The number of imidazole rings is 1. The van der Waals surface area contributed by atoms with Gasteiger partial charge in [-0.15, -0.1) is 0 Å². The fourth-order valence-corrected chi connectivity index (χ4v) is 3.29. The molecular weight excluding hydrogens is 276 g/mol. The molecule has 0 amide bonds. The highest BCUT2D eigenvalue weighted by Crippen LogP contribution is 2.43. The number of carbonyl (C=O) groups is 1. The van der Waals surface area contributed by atoms with Crippen molar-refractivity contribution >= 4 is 17.0 Å². The molecule has 0 fully saturated rings. The number of carbonyl (C=O) groups excluding carboxylic acids is 1. The van der Waals surface area contributed by atoms with Crippen LogP contribution in [0, 0.1) is 6.92 Å². The van der Waals surface area contributed by atoms with Gasteiger partial charge in [0.2, 0.25) is 0 Å². The zero-order valence-corrected chi connectivity index (χ0v) is 12.5. The number of fused-ring (bicyclic) bond motifs is 5. The van der Waals surface area contributed by atoms with Gasteiger partial charge in [-0.3, -0.25) is 4.79 Å². The lowest BCUT2D eigenvalue weighted by molar-refractivity contribution is -0.141. The third-order valence-corrected chi connectivity index (χ3v) is 4.30. The lowest BCUT2D eigenvalue weighted by atomic mass is 9.99. The van der Waals surface area contributed by atoms with Gasteiger partial charge in [0.05, 0.1) is 30.6 Å². The van der Waals surface area contributed by atoms with E-state index in [1.165, 1.54) is 12.7 Å². The van der Waals surface area contributed by atoms with Crippen LogP contribution < -0.4 is 0 Å². The summed E-state index contributed by atoms with van der Waals surface area (Å²) in [6.07, 6.45) is 0.319. The van der Waals surface area contributed by atoms with E-state index in [9.17, 15) is 4.79 Å². The minimum absolute atomic E-state index is 0.0505. The van der Waals surface area contributed by atoms with E-state index in [1.807, 2.05) is 18.2 Å². The fourth-order valence-electron chi connectivity index (χ4n) is 3.29. The number of para-hydroxylation sites is 2. The maximum atomic E-state index is 11.9. The molecule has 4 nitrogen and oxygen atoms in total. The SMILES string of the molecule is COC(=O)C[C@@H]1c2ccc(C)cc2-c2nc3ccccc3n21. The minimum atomic E-state index is -0.206. The molecule has 0 saturated heterocycles. The Morgan fingerprint density at radius 3 is 2.91 bits per heavy atom. The molecule has 0 spiro atoms. The number of methoxy groups -OCH3 is 1. The van der Waals surface area contributed by atoms with Crippen LogP contribution in [-0.2, 0) is 9.53 Å². The molecule has 4 heteroatoms. The van der Waals surface area contributed by atoms with Crippen LogP contribution in [0.2, 0.25) is 0 Å². The molecule has 0 saturated carbocycles. The van der Waals surface area contributed by atoms with Gasteiger partial charge in [0.15, 0.2) is 0 Å². The van der Waals surface area contributed by atoms with Crippen LogP contribution in [0.25, 0.3) is 22.4 Å². The third kappa shape index (κ3) is 1.77. The van der Waals surface area contributed by atoms with Crippen molar-refractivity contribution in [2.24, 2.45) is 0 Å². The Bertz CT molecular complexity index is 895.